The minimum Gasteiger partial charge on any atom is -0.465 e. The quantitative estimate of drug-likeness (QED) is 0.877. The molecule has 0 bridgehead atoms. The number of carbonyl (C=O) groups excluding carboxylic acids is 1. The fourth-order valence-corrected chi connectivity index (χ4v) is 2.30. The van der Waals surface area contributed by atoms with E-state index >= 15 is 0 Å². The van der Waals surface area contributed by atoms with Gasteiger partial charge in [0.1, 0.15) is 0 Å². The van der Waals surface area contributed by atoms with Crippen molar-refractivity contribution in [1.29, 1.82) is 0 Å². The number of benzene rings is 1. The molecule has 2 N–H and O–H groups in total. The summed E-state index contributed by atoms with van der Waals surface area (Å²) in [4.78, 5) is 25.9. The van der Waals surface area contributed by atoms with Gasteiger partial charge in [-0.25, -0.2) is 4.79 Å². The Morgan fingerprint density at radius 3 is 2.25 bits per heavy atom. The lowest BCUT2D eigenvalue weighted by molar-refractivity contribution is -0.130. The van der Waals surface area contributed by atoms with E-state index in [9.17, 15) is 9.59 Å². The van der Waals surface area contributed by atoms with Crippen LogP contribution in [-0.2, 0) is 11.3 Å². The van der Waals surface area contributed by atoms with E-state index in [0.717, 1.165) is 38.3 Å². The van der Waals surface area contributed by atoms with Gasteiger partial charge >= 0.3 is 6.09 Å². The van der Waals surface area contributed by atoms with Crippen LogP contribution in [0.4, 0.5) is 10.5 Å². The Hall–Kier alpha value is -2.08. The van der Waals surface area contributed by atoms with Crippen molar-refractivity contribution in [2.45, 2.75) is 13.5 Å². The first-order chi connectivity index (χ1) is 9.54. The van der Waals surface area contributed by atoms with Crippen molar-refractivity contribution in [1.82, 2.24) is 9.80 Å². The summed E-state index contributed by atoms with van der Waals surface area (Å²) < 4.78 is 0. The third kappa shape index (κ3) is 3.96. The van der Waals surface area contributed by atoms with Crippen LogP contribution >= 0.6 is 0 Å². The molecule has 1 heterocycles. The maximum absolute atomic E-state index is 11.2. The molecule has 0 radical (unpaired) electrons. The number of hydrogen-bond acceptors (Lipinski definition) is 3. The highest BCUT2D eigenvalue weighted by molar-refractivity contribution is 5.82. The molecule has 1 aromatic rings. The molecule has 0 spiro atoms. The van der Waals surface area contributed by atoms with Crippen molar-refractivity contribution >= 4 is 17.7 Å². The lowest BCUT2D eigenvalue weighted by Crippen LogP contribution is -2.47. The fourth-order valence-electron chi connectivity index (χ4n) is 2.30. The predicted octanol–water partition coefficient (Wildman–Crippen LogP) is 1.44. The number of amides is 2. The van der Waals surface area contributed by atoms with Gasteiger partial charge in [-0.1, -0.05) is 12.1 Å². The van der Waals surface area contributed by atoms with Gasteiger partial charge in [0.2, 0.25) is 5.91 Å². The predicted molar refractivity (Wildman–Crippen MR) is 75.6 cm³/mol. The molecule has 0 unspecified atom stereocenters. The molecule has 0 saturated carbocycles. The van der Waals surface area contributed by atoms with Gasteiger partial charge < -0.3 is 10.0 Å². The second-order valence-corrected chi connectivity index (χ2v) is 4.91. The number of carbonyl (C=O) groups is 2. The average Bonchev–Trinajstić information content (AvgIpc) is 2.41. The molecule has 0 aliphatic carbocycles. The molecule has 6 nitrogen and oxygen atoms in total. The summed E-state index contributed by atoms with van der Waals surface area (Å²) in [6, 6.07) is 7.36. The maximum atomic E-state index is 11.2. The highest BCUT2D eigenvalue weighted by Crippen LogP contribution is 2.13. The first-order valence-electron chi connectivity index (χ1n) is 6.61. The Balaban J connectivity index is 1.85. The van der Waals surface area contributed by atoms with Crippen LogP contribution in [0.15, 0.2) is 24.3 Å². The van der Waals surface area contributed by atoms with Crippen molar-refractivity contribution < 1.29 is 14.7 Å². The molecule has 20 heavy (non-hydrogen) atoms. The maximum Gasteiger partial charge on any atom is 0.409 e. The van der Waals surface area contributed by atoms with Crippen molar-refractivity contribution in [3.05, 3.63) is 29.8 Å². The average molecular weight is 277 g/mol. The molecule has 1 aliphatic heterocycles. The highest BCUT2D eigenvalue weighted by Gasteiger charge is 2.18. The van der Waals surface area contributed by atoms with E-state index in [-0.39, 0.29) is 5.91 Å². The number of rotatable bonds is 3. The van der Waals surface area contributed by atoms with Gasteiger partial charge in [0, 0.05) is 45.3 Å². The molecule has 1 aromatic carbocycles. The lowest BCUT2D eigenvalue weighted by atomic mass is 10.2. The third-order valence-corrected chi connectivity index (χ3v) is 3.43. The van der Waals surface area contributed by atoms with Crippen molar-refractivity contribution in [2.24, 2.45) is 0 Å². The molecule has 0 atom stereocenters. The molecule has 0 aromatic heterocycles. The molecular formula is C14H19N3O3. The Morgan fingerprint density at radius 2 is 1.75 bits per heavy atom. The summed E-state index contributed by atoms with van der Waals surface area (Å²) >= 11 is 0. The van der Waals surface area contributed by atoms with Crippen molar-refractivity contribution in [3.8, 4) is 0 Å². The van der Waals surface area contributed by atoms with Crippen LogP contribution in [0.5, 0.6) is 0 Å². The summed E-state index contributed by atoms with van der Waals surface area (Å²) in [6.45, 7) is 5.70. The minimum absolute atomic E-state index is 0.133. The Morgan fingerprint density at radius 1 is 1.15 bits per heavy atom. The zero-order valence-electron chi connectivity index (χ0n) is 11.5. The van der Waals surface area contributed by atoms with E-state index < -0.39 is 6.09 Å². The number of hydrogen-bond donors (Lipinski definition) is 2. The van der Waals surface area contributed by atoms with Gasteiger partial charge in [-0.05, 0) is 17.7 Å². The number of nitrogens with zero attached hydrogens (tertiary/aromatic N) is 2. The number of piperazine rings is 1. The van der Waals surface area contributed by atoms with E-state index in [1.807, 2.05) is 17.0 Å². The molecule has 2 rings (SSSR count). The monoisotopic (exact) mass is 277 g/mol. The Labute approximate surface area is 118 Å². The van der Waals surface area contributed by atoms with Crippen molar-refractivity contribution in [3.63, 3.8) is 0 Å². The van der Waals surface area contributed by atoms with E-state index in [0.29, 0.717) is 5.69 Å². The van der Waals surface area contributed by atoms with Crippen LogP contribution in [0.3, 0.4) is 0 Å². The minimum atomic E-state index is -1.06. The van der Waals surface area contributed by atoms with Crippen molar-refractivity contribution in [2.75, 3.05) is 31.5 Å². The summed E-state index contributed by atoms with van der Waals surface area (Å²) in [6.07, 6.45) is -1.06. The third-order valence-electron chi connectivity index (χ3n) is 3.43. The second kappa shape index (κ2) is 6.38. The summed E-state index contributed by atoms with van der Waals surface area (Å²) in [5.41, 5.74) is 1.71. The second-order valence-electron chi connectivity index (χ2n) is 4.91. The summed E-state index contributed by atoms with van der Waals surface area (Å²) in [7, 11) is 0. The first kappa shape index (κ1) is 14.3. The fraction of sp³-hybridized carbons (Fsp3) is 0.429. The van der Waals surface area contributed by atoms with Crippen LogP contribution in [-0.4, -0.2) is 53.1 Å². The molecule has 2 amide bonds. The molecule has 1 aliphatic rings. The molecule has 1 saturated heterocycles. The van der Waals surface area contributed by atoms with Gasteiger partial charge in [0.05, 0.1) is 0 Å². The zero-order chi connectivity index (χ0) is 14.5. The standard InChI is InChI=1S/C14H19N3O3/c1-11(18)17-8-6-16(7-9-17)10-12-2-4-13(5-3-12)15-14(19)20/h2-5,15H,6-10H2,1H3,(H,19,20). The number of anilines is 1. The van der Waals surface area contributed by atoms with E-state index in [4.69, 9.17) is 5.11 Å². The smallest absolute Gasteiger partial charge is 0.409 e. The van der Waals surface area contributed by atoms with E-state index in [2.05, 4.69) is 10.2 Å². The van der Waals surface area contributed by atoms with Crippen LogP contribution < -0.4 is 5.32 Å². The van der Waals surface area contributed by atoms with Crippen LogP contribution in [0.25, 0.3) is 0 Å². The highest BCUT2D eigenvalue weighted by atomic mass is 16.4. The summed E-state index contributed by atoms with van der Waals surface area (Å²) in [5, 5.41) is 10.9. The largest absolute Gasteiger partial charge is 0.465 e. The van der Waals surface area contributed by atoms with E-state index in [1.165, 1.54) is 0 Å². The molecule has 1 fully saturated rings. The van der Waals surface area contributed by atoms with Crippen LogP contribution in [0.1, 0.15) is 12.5 Å². The number of carboxylic acid groups (broad SMARTS) is 1. The SMILES string of the molecule is CC(=O)N1CCN(Cc2ccc(NC(=O)O)cc2)CC1. The van der Waals surface area contributed by atoms with E-state index in [1.54, 1.807) is 19.1 Å². The topological polar surface area (TPSA) is 72.9 Å². The molecule has 6 heteroatoms. The van der Waals surface area contributed by atoms with Gasteiger partial charge in [-0.3, -0.25) is 15.0 Å². The number of nitrogens with one attached hydrogen (secondary N) is 1. The lowest BCUT2D eigenvalue weighted by Gasteiger charge is -2.34. The first-order valence-corrected chi connectivity index (χ1v) is 6.61. The molecule has 108 valence electrons. The summed E-state index contributed by atoms with van der Waals surface area (Å²) in [5.74, 6) is 0.133. The Kier molecular flexibility index (Phi) is 4.57. The van der Waals surface area contributed by atoms with Crippen LogP contribution in [0, 0.1) is 0 Å². The van der Waals surface area contributed by atoms with Gasteiger partial charge in [0.25, 0.3) is 0 Å². The normalized spacial score (nSPS) is 15.9. The van der Waals surface area contributed by atoms with Crippen LogP contribution in [0.2, 0.25) is 0 Å². The zero-order valence-corrected chi connectivity index (χ0v) is 11.5. The molecular weight excluding hydrogens is 258 g/mol. The Bertz CT molecular complexity index is 479. The van der Waals surface area contributed by atoms with Gasteiger partial charge in [-0.15, -0.1) is 0 Å². The van der Waals surface area contributed by atoms with Gasteiger partial charge in [-0.2, -0.15) is 0 Å². The van der Waals surface area contributed by atoms with Gasteiger partial charge in [0.15, 0.2) is 0 Å².